The molecule has 0 rings (SSSR count). The summed E-state index contributed by atoms with van der Waals surface area (Å²) in [6.07, 6.45) is 0.912. The van der Waals surface area contributed by atoms with Crippen LogP contribution in [0.25, 0.3) is 0 Å². The average molecular weight is 265 g/mol. The number of hydrogen-bond acceptors (Lipinski definition) is 5. The lowest BCUT2D eigenvalue weighted by atomic mass is 10.2. The van der Waals surface area contributed by atoms with Crippen molar-refractivity contribution in [3.05, 3.63) is 12.7 Å². The summed E-state index contributed by atoms with van der Waals surface area (Å²) in [6.45, 7) is 5.44. The van der Waals surface area contributed by atoms with E-state index < -0.39 is 14.1 Å². The molecule has 0 spiro atoms. The van der Waals surface area contributed by atoms with Gasteiger partial charge in [-0.3, -0.25) is 13.9 Å². The first kappa shape index (κ1) is 16.5. The van der Waals surface area contributed by atoms with Gasteiger partial charge in [0.15, 0.2) is 12.0 Å². The van der Waals surface area contributed by atoms with Crippen LogP contribution in [0.1, 0.15) is 13.3 Å². The Morgan fingerprint density at radius 3 is 2.53 bits per heavy atom. The Kier molecular flexibility index (Phi) is 6.23. The molecule has 0 N–H and O–H groups in total. The van der Waals surface area contributed by atoms with Gasteiger partial charge in [0.1, 0.15) is 0 Å². The van der Waals surface area contributed by atoms with E-state index in [9.17, 15) is 14.3 Å². The minimum Gasteiger partial charge on any atom is -0.756 e. The Balaban J connectivity index is 4.44. The molecule has 0 saturated heterocycles. The number of ketones is 1. The fourth-order valence-corrected chi connectivity index (χ4v) is 1.75. The fraction of sp³-hybridized carbons (Fsp3) is 0.700. The number of allylic oxidation sites excluding steroid dienone is 1. The van der Waals surface area contributed by atoms with Crippen LogP contribution in [0, 0.1) is 0 Å². The summed E-state index contributed by atoms with van der Waals surface area (Å²) in [7, 11) is 0.341. The Hall–Kier alpha value is -0.520. The highest BCUT2D eigenvalue weighted by Crippen LogP contribution is 2.39. The van der Waals surface area contributed by atoms with Crippen molar-refractivity contribution in [1.29, 1.82) is 0 Å². The summed E-state index contributed by atoms with van der Waals surface area (Å²) in [4.78, 5) is 22.3. The zero-order valence-corrected chi connectivity index (χ0v) is 11.6. The van der Waals surface area contributed by atoms with Crippen molar-refractivity contribution in [3.8, 4) is 0 Å². The molecular weight excluding hydrogens is 245 g/mol. The van der Waals surface area contributed by atoms with Crippen LogP contribution in [0.3, 0.4) is 0 Å². The molecule has 0 aliphatic heterocycles. The second-order valence-electron chi connectivity index (χ2n) is 4.26. The predicted octanol–water partition coefficient (Wildman–Crippen LogP) is 0.685. The van der Waals surface area contributed by atoms with E-state index in [1.165, 1.54) is 6.08 Å². The molecule has 0 aromatic heterocycles. The Morgan fingerprint density at radius 1 is 1.59 bits per heavy atom. The molecule has 7 heteroatoms. The van der Waals surface area contributed by atoms with Crippen LogP contribution in [-0.2, 0) is 18.4 Å². The molecule has 0 heterocycles. The number of quaternary nitrogens is 1. The van der Waals surface area contributed by atoms with E-state index in [0.29, 0.717) is 13.0 Å². The molecule has 0 aromatic rings. The topological polar surface area (TPSA) is 75.7 Å². The first-order valence-electron chi connectivity index (χ1n) is 5.18. The van der Waals surface area contributed by atoms with Crippen molar-refractivity contribution in [2.24, 2.45) is 0 Å². The van der Waals surface area contributed by atoms with Crippen molar-refractivity contribution in [2.45, 2.75) is 19.6 Å². The maximum atomic E-state index is 11.1. The fourth-order valence-electron chi connectivity index (χ4n) is 1.04. The van der Waals surface area contributed by atoms with Gasteiger partial charge < -0.3 is 13.9 Å². The number of phosphoric acid groups is 1. The van der Waals surface area contributed by atoms with E-state index in [2.05, 4.69) is 11.1 Å². The molecule has 0 aromatic carbocycles. The van der Waals surface area contributed by atoms with E-state index in [0.717, 1.165) is 7.11 Å². The number of nitrogens with zero attached hydrogens (tertiary/aromatic N) is 1. The lowest BCUT2D eigenvalue weighted by Gasteiger charge is -2.37. The molecule has 0 fully saturated rings. The Bertz CT molecular complexity index is 329. The molecule has 0 radical (unpaired) electrons. The van der Waals surface area contributed by atoms with Gasteiger partial charge in [-0.25, -0.2) is 0 Å². The van der Waals surface area contributed by atoms with E-state index >= 15 is 0 Å². The number of phosphoric ester groups is 1. The Morgan fingerprint density at radius 2 is 2.12 bits per heavy atom. The number of rotatable bonds is 8. The molecule has 0 bridgehead atoms. The third-order valence-corrected chi connectivity index (χ3v) is 3.66. The summed E-state index contributed by atoms with van der Waals surface area (Å²) in [6, 6.07) is 0. The van der Waals surface area contributed by atoms with Gasteiger partial charge in [-0.15, -0.1) is 0 Å². The van der Waals surface area contributed by atoms with Crippen molar-refractivity contribution in [2.75, 3.05) is 27.7 Å². The molecular formula is C10H20NO5P. The van der Waals surface area contributed by atoms with Gasteiger partial charge in [0.25, 0.3) is 7.82 Å². The second-order valence-corrected chi connectivity index (χ2v) is 5.73. The summed E-state index contributed by atoms with van der Waals surface area (Å²) in [5.41, 5.74) is 0. The van der Waals surface area contributed by atoms with E-state index in [4.69, 9.17) is 4.52 Å². The standard InChI is InChI=1S/C10H20NO5P/c1-6-10(12)7-8-11(3,4)9(2)16-17(13,14)15-5/h6,9H,1,7-8H2,2-5H3. The Labute approximate surface area is 102 Å². The number of carbonyl (C=O) groups excluding carboxylic acids is 1. The average Bonchev–Trinajstić information content (AvgIpc) is 2.25. The van der Waals surface area contributed by atoms with Gasteiger partial charge in [-0.05, 0) is 6.08 Å². The number of hydrogen-bond donors (Lipinski definition) is 0. The molecule has 100 valence electrons. The van der Waals surface area contributed by atoms with Gasteiger partial charge in [0.2, 0.25) is 0 Å². The van der Waals surface area contributed by atoms with Crippen molar-refractivity contribution in [3.63, 3.8) is 0 Å². The van der Waals surface area contributed by atoms with Gasteiger partial charge in [0.05, 0.1) is 27.1 Å². The van der Waals surface area contributed by atoms with Crippen LogP contribution in [0.4, 0.5) is 0 Å². The zero-order valence-electron chi connectivity index (χ0n) is 10.7. The van der Waals surface area contributed by atoms with Gasteiger partial charge in [0, 0.05) is 14.0 Å². The highest BCUT2D eigenvalue weighted by molar-refractivity contribution is 7.45. The summed E-state index contributed by atoms with van der Waals surface area (Å²) in [5.74, 6) is -0.0829. The highest BCUT2D eigenvalue weighted by Gasteiger charge is 2.28. The molecule has 17 heavy (non-hydrogen) atoms. The van der Waals surface area contributed by atoms with E-state index in [-0.39, 0.29) is 10.3 Å². The molecule has 0 aliphatic carbocycles. The quantitative estimate of drug-likeness (QED) is 0.279. The molecule has 6 nitrogen and oxygen atoms in total. The van der Waals surface area contributed by atoms with Gasteiger partial charge >= 0.3 is 0 Å². The molecule has 0 aliphatic rings. The van der Waals surface area contributed by atoms with E-state index in [1.807, 2.05) is 0 Å². The highest BCUT2D eigenvalue weighted by atomic mass is 31.2. The van der Waals surface area contributed by atoms with E-state index in [1.54, 1.807) is 21.0 Å². The second kappa shape index (κ2) is 6.42. The molecule has 0 amide bonds. The van der Waals surface area contributed by atoms with Crippen LogP contribution in [0.2, 0.25) is 0 Å². The maximum Gasteiger partial charge on any atom is 0.272 e. The summed E-state index contributed by atoms with van der Waals surface area (Å²) < 4.78 is 20.4. The SMILES string of the molecule is C=CC(=O)CC[N+](C)(C)C(C)OP(=O)([O-])OC. The lowest BCUT2D eigenvalue weighted by molar-refractivity contribution is -0.931. The smallest absolute Gasteiger partial charge is 0.272 e. The molecule has 2 unspecified atom stereocenters. The van der Waals surface area contributed by atoms with Crippen LogP contribution in [-0.4, -0.2) is 44.2 Å². The van der Waals surface area contributed by atoms with Crippen LogP contribution >= 0.6 is 7.82 Å². The van der Waals surface area contributed by atoms with Gasteiger partial charge in [-0.1, -0.05) is 6.58 Å². The number of carbonyl (C=O) groups is 1. The minimum absolute atomic E-state index is 0.0829. The van der Waals surface area contributed by atoms with Crippen LogP contribution in [0.15, 0.2) is 12.7 Å². The molecule has 2 atom stereocenters. The monoisotopic (exact) mass is 265 g/mol. The minimum atomic E-state index is -4.25. The first-order chi connectivity index (χ1) is 7.64. The maximum absolute atomic E-state index is 11.1. The van der Waals surface area contributed by atoms with Crippen LogP contribution in [0.5, 0.6) is 0 Å². The summed E-state index contributed by atoms with van der Waals surface area (Å²) >= 11 is 0. The third kappa shape index (κ3) is 6.10. The van der Waals surface area contributed by atoms with Crippen LogP contribution < -0.4 is 4.89 Å². The normalized spacial score (nSPS) is 17.2. The predicted molar refractivity (Wildman–Crippen MR) is 62.0 cm³/mol. The first-order valence-corrected chi connectivity index (χ1v) is 6.64. The van der Waals surface area contributed by atoms with Crippen molar-refractivity contribution >= 4 is 13.6 Å². The lowest BCUT2D eigenvalue weighted by Crippen LogP contribution is -2.49. The van der Waals surface area contributed by atoms with Gasteiger partial charge in [-0.2, -0.15) is 0 Å². The molecule has 0 saturated carbocycles. The van der Waals surface area contributed by atoms with Crippen molar-refractivity contribution in [1.82, 2.24) is 0 Å². The van der Waals surface area contributed by atoms with Crippen molar-refractivity contribution < 1.29 is 27.8 Å². The largest absolute Gasteiger partial charge is 0.756 e. The third-order valence-electron chi connectivity index (χ3n) is 2.65. The zero-order chi connectivity index (χ0) is 13.7. The summed E-state index contributed by atoms with van der Waals surface area (Å²) in [5, 5.41) is 0.